The molecule has 2 atom stereocenters. The summed E-state index contributed by atoms with van der Waals surface area (Å²) in [5, 5.41) is 6.44. The fourth-order valence-electron chi connectivity index (χ4n) is 5.02. The molecule has 0 unspecified atom stereocenters. The van der Waals surface area contributed by atoms with Gasteiger partial charge in [-0.25, -0.2) is 18.2 Å². The van der Waals surface area contributed by atoms with Crippen molar-refractivity contribution in [1.29, 1.82) is 0 Å². The topological polar surface area (TPSA) is 93.5 Å². The third kappa shape index (κ3) is 4.32. The third-order valence-corrected chi connectivity index (χ3v) is 7.13. The highest BCUT2D eigenvalue weighted by atomic mass is 19.3. The van der Waals surface area contributed by atoms with Crippen LogP contribution in [0.3, 0.4) is 0 Å². The number of pyridine rings is 1. The van der Waals surface area contributed by atoms with Gasteiger partial charge in [0.1, 0.15) is 0 Å². The first-order valence-electron chi connectivity index (χ1n) is 12.3. The number of alkyl halides is 2. The number of anilines is 4. The smallest absolute Gasteiger partial charge is 0.301 e. The Hall–Kier alpha value is -3.54. The Morgan fingerprint density at radius 2 is 2.08 bits per heavy atom. The van der Waals surface area contributed by atoms with Crippen LogP contribution in [-0.2, 0) is 11.8 Å². The highest BCUT2D eigenvalue weighted by Gasteiger charge is 2.51. The average molecular weight is 517 g/mol. The minimum Gasteiger partial charge on any atom is -0.480 e. The molecule has 0 spiro atoms. The van der Waals surface area contributed by atoms with E-state index in [1.807, 2.05) is 11.8 Å². The fraction of sp³-hybridized carbons (Fsp3) is 0.480. The number of benzene rings is 1. The average Bonchev–Trinajstić information content (AvgIpc) is 3.71. The van der Waals surface area contributed by atoms with Crippen molar-refractivity contribution in [2.24, 2.45) is 13.0 Å². The van der Waals surface area contributed by atoms with E-state index in [0.29, 0.717) is 55.1 Å². The maximum Gasteiger partial charge on any atom is 0.301 e. The molecule has 6 rings (SSSR count). The Morgan fingerprint density at radius 3 is 2.84 bits per heavy atom. The summed E-state index contributed by atoms with van der Waals surface area (Å²) in [6.45, 7) is 2.77. The van der Waals surface area contributed by atoms with Gasteiger partial charge in [-0.2, -0.15) is 4.98 Å². The highest BCUT2D eigenvalue weighted by Crippen LogP contribution is 2.45. The van der Waals surface area contributed by atoms with E-state index in [1.54, 1.807) is 25.2 Å². The zero-order valence-electron chi connectivity index (χ0n) is 20.4. The number of halogens is 3. The normalized spacial score (nSPS) is 23.1. The third-order valence-electron chi connectivity index (χ3n) is 7.13. The van der Waals surface area contributed by atoms with Crippen LogP contribution in [0, 0.1) is 11.7 Å². The molecule has 1 aromatic carbocycles. The van der Waals surface area contributed by atoms with Gasteiger partial charge in [0.05, 0.1) is 36.2 Å². The molecule has 0 radical (unpaired) electrons. The summed E-state index contributed by atoms with van der Waals surface area (Å²) in [6.07, 6.45) is 2.49. The zero-order chi connectivity index (χ0) is 25.9. The van der Waals surface area contributed by atoms with E-state index in [4.69, 9.17) is 9.47 Å². The lowest BCUT2D eigenvalue weighted by Crippen LogP contribution is -2.44. The number of hydrogen-bond acceptors (Lipinski definition) is 8. The lowest BCUT2D eigenvalue weighted by Gasteiger charge is -2.31. The van der Waals surface area contributed by atoms with Crippen LogP contribution >= 0.6 is 0 Å². The summed E-state index contributed by atoms with van der Waals surface area (Å²) in [5.41, 5.74) is 0.709. The molecular formula is C25H27F3N6O3. The van der Waals surface area contributed by atoms with Gasteiger partial charge in [-0.1, -0.05) is 0 Å². The molecule has 2 N–H and O–H groups in total. The van der Waals surface area contributed by atoms with Crippen molar-refractivity contribution in [3.63, 3.8) is 0 Å². The van der Waals surface area contributed by atoms with E-state index < -0.39 is 29.9 Å². The van der Waals surface area contributed by atoms with Crippen LogP contribution in [0.15, 0.2) is 29.2 Å². The first kappa shape index (κ1) is 23.8. The molecule has 0 bridgehead atoms. The van der Waals surface area contributed by atoms with E-state index in [9.17, 15) is 18.0 Å². The SMILES string of the molecule is C[C@@H]1CN(c2ncc(F)c(Nc3ccc4c(c3)c3c(c(=O)n4C)OCC(F)(F)[C@H](C4CC4)N3)n2)CCO1. The molecule has 1 saturated carbocycles. The minimum atomic E-state index is -3.13. The number of aryl methyl sites for hydroxylation is 1. The monoisotopic (exact) mass is 516 g/mol. The molecule has 9 nitrogen and oxygen atoms in total. The van der Waals surface area contributed by atoms with Crippen LogP contribution in [0.4, 0.5) is 36.3 Å². The van der Waals surface area contributed by atoms with Gasteiger partial charge < -0.3 is 29.6 Å². The summed E-state index contributed by atoms with van der Waals surface area (Å²) in [7, 11) is 1.56. The Kier molecular flexibility index (Phi) is 5.66. The van der Waals surface area contributed by atoms with Crippen molar-refractivity contribution < 1.29 is 22.6 Å². The molecule has 3 aliphatic rings. The van der Waals surface area contributed by atoms with Gasteiger partial charge in [0.25, 0.3) is 5.56 Å². The quantitative estimate of drug-likeness (QED) is 0.543. The number of nitrogens with zero attached hydrogens (tertiary/aromatic N) is 4. The minimum absolute atomic E-state index is 0.00256. The van der Waals surface area contributed by atoms with Gasteiger partial charge >= 0.3 is 5.92 Å². The molecule has 37 heavy (non-hydrogen) atoms. The van der Waals surface area contributed by atoms with Gasteiger partial charge in [0, 0.05) is 31.2 Å². The predicted molar refractivity (Wildman–Crippen MR) is 133 cm³/mol. The van der Waals surface area contributed by atoms with Crippen LogP contribution < -0.4 is 25.8 Å². The Morgan fingerprint density at radius 1 is 1.27 bits per heavy atom. The van der Waals surface area contributed by atoms with Gasteiger partial charge in [0.2, 0.25) is 11.7 Å². The van der Waals surface area contributed by atoms with Crippen molar-refractivity contribution in [2.75, 3.05) is 41.8 Å². The van der Waals surface area contributed by atoms with Crippen molar-refractivity contribution in [1.82, 2.24) is 14.5 Å². The molecule has 2 fully saturated rings. The van der Waals surface area contributed by atoms with Gasteiger partial charge in [-0.3, -0.25) is 4.79 Å². The first-order valence-corrected chi connectivity index (χ1v) is 12.3. The summed E-state index contributed by atoms with van der Waals surface area (Å²) in [4.78, 5) is 23.4. The van der Waals surface area contributed by atoms with E-state index in [1.165, 1.54) is 4.57 Å². The zero-order valence-corrected chi connectivity index (χ0v) is 20.4. The second kappa shape index (κ2) is 8.79. The van der Waals surface area contributed by atoms with Crippen LogP contribution in [0.25, 0.3) is 10.9 Å². The number of aromatic nitrogens is 3. The summed E-state index contributed by atoms with van der Waals surface area (Å²) in [6, 6.07) is 3.89. The van der Waals surface area contributed by atoms with Crippen LogP contribution in [0.2, 0.25) is 0 Å². The molecular weight excluding hydrogens is 489 g/mol. The summed E-state index contributed by atoms with van der Waals surface area (Å²) in [5.74, 6) is -3.76. The van der Waals surface area contributed by atoms with E-state index in [0.717, 1.165) is 6.20 Å². The van der Waals surface area contributed by atoms with Crippen LogP contribution in [0.5, 0.6) is 5.75 Å². The van der Waals surface area contributed by atoms with Gasteiger partial charge in [-0.05, 0) is 43.9 Å². The molecule has 3 aromatic rings. The van der Waals surface area contributed by atoms with Crippen LogP contribution in [0.1, 0.15) is 19.8 Å². The standard InChI is InChI=1S/C25H27F3N6O3/c1-13-11-34(7-8-36-13)24-29-10-17(26)22(32-24)30-15-5-6-18-16(9-15)19-20(23(35)33(18)2)37-12-25(27,28)21(31-19)14-3-4-14/h5-6,9-10,13-14,21,31H,3-4,7-8,11-12H2,1-2H3,(H,29,30,32)/t13-,21+/m1/s1. The second-order valence-corrected chi connectivity index (χ2v) is 9.93. The largest absolute Gasteiger partial charge is 0.480 e. The number of rotatable bonds is 4. The lowest BCUT2D eigenvalue weighted by molar-refractivity contribution is -0.0579. The summed E-state index contributed by atoms with van der Waals surface area (Å²) >= 11 is 0. The molecule has 0 amide bonds. The Balaban J connectivity index is 1.39. The number of fused-ring (bicyclic) bond motifs is 3. The van der Waals surface area contributed by atoms with Crippen molar-refractivity contribution in [2.45, 2.75) is 37.8 Å². The van der Waals surface area contributed by atoms with Gasteiger partial charge in [-0.15, -0.1) is 0 Å². The maximum absolute atomic E-state index is 14.9. The fourth-order valence-corrected chi connectivity index (χ4v) is 5.02. The van der Waals surface area contributed by atoms with Gasteiger partial charge in [0.15, 0.2) is 18.2 Å². The molecule has 2 aliphatic heterocycles. The number of ether oxygens (including phenoxy) is 2. The Bertz CT molecular complexity index is 1430. The molecule has 1 aliphatic carbocycles. The predicted octanol–water partition coefficient (Wildman–Crippen LogP) is 3.65. The van der Waals surface area contributed by atoms with E-state index in [-0.39, 0.29) is 29.3 Å². The van der Waals surface area contributed by atoms with E-state index >= 15 is 0 Å². The molecule has 196 valence electrons. The van der Waals surface area contributed by atoms with Crippen molar-refractivity contribution >= 4 is 34.0 Å². The van der Waals surface area contributed by atoms with E-state index in [2.05, 4.69) is 20.6 Å². The second-order valence-electron chi connectivity index (χ2n) is 9.93. The van der Waals surface area contributed by atoms with Crippen molar-refractivity contribution in [3.05, 3.63) is 40.6 Å². The molecule has 1 saturated heterocycles. The number of nitrogens with one attached hydrogen (secondary N) is 2. The molecule has 12 heteroatoms. The Labute approximate surface area is 210 Å². The maximum atomic E-state index is 14.9. The highest BCUT2D eigenvalue weighted by molar-refractivity contribution is 5.97. The van der Waals surface area contributed by atoms with Crippen LogP contribution in [-0.4, -0.2) is 58.9 Å². The number of hydrogen-bond donors (Lipinski definition) is 2. The lowest BCUT2D eigenvalue weighted by atomic mass is 10.0. The summed E-state index contributed by atoms with van der Waals surface area (Å²) < 4.78 is 56.7. The molecule has 2 aromatic heterocycles. The first-order chi connectivity index (χ1) is 17.7. The van der Waals surface area contributed by atoms with Crippen molar-refractivity contribution in [3.8, 4) is 5.75 Å². The number of morpholine rings is 1. The molecule has 4 heterocycles.